The molecule has 2 heterocycles. The first-order valence-electron chi connectivity index (χ1n) is 10.5. The summed E-state index contributed by atoms with van der Waals surface area (Å²) >= 11 is 0. The first-order chi connectivity index (χ1) is 14.6. The van der Waals surface area contributed by atoms with E-state index in [-0.39, 0.29) is 6.61 Å². The topological polar surface area (TPSA) is 75.6 Å². The maximum atomic E-state index is 10.6. The van der Waals surface area contributed by atoms with Crippen LogP contribution in [0, 0.1) is 12.3 Å². The molecule has 2 aromatic carbocycles. The highest BCUT2D eigenvalue weighted by atomic mass is 16.5. The van der Waals surface area contributed by atoms with Crippen molar-refractivity contribution in [3.63, 3.8) is 0 Å². The molecule has 7 nitrogen and oxygen atoms in total. The molecular weight excluding hydrogens is 380 g/mol. The second-order valence-electron chi connectivity index (χ2n) is 7.81. The number of ether oxygens (including phenoxy) is 2. The molecule has 1 aliphatic rings. The minimum Gasteiger partial charge on any atom is -0.491 e. The van der Waals surface area contributed by atoms with Crippen LogP contribution in [0.3, 0.4) is 0 Å². The smallest absolute Gasteiger partial charge is 0.203 e. The molecule has 1 aromatic heterocycles. The Labute approximate surface area is 176 Å². The van der Waals surface area contributed by atoms with Crippen molar-refractivity contribution in [2.75, 3.05) is 39.5 Å². The number of aliphatic hydroxyl groups is 1. The molecular formula is C23H30N4O3. The number of hydrogen-bond acceptors (Lipinski definition) is 5. The van der Waals surface area contributed by atoms with Gasteiger partial charge >= 0.3 is 0 Å². The molecule has 0 spiro atoms. The summed E-state index contributed by atoms with van der Waals surface area (Å²) < 4.78 is 15.1. The second kappa shape index (κ2) is 9.47. The van der Waals surface area contributed by atoms with Gasteiger partial charge in [-0.1, -0.05) is 24.3 Å². The Bertz CT molecular complexity index is 1040. The van der Waals surface area contributed by atoms with Crippen LogP contribution >= 0.6 is 0 Å². The highest BCUT2D eigenvalue weighted by molar-refractivity contribution is 5.75. The van der Waals surface area contributed by atoms with E-state index in [0.717, 1.165) is 61.7 Å². The fourth-order valence-electron chi connectivity index (χ4n) is 3.93. The molecule has 7 heteroatoms. The number of para-hydroxylation sites is 2. The van der Waals surface area contributed by atoms with Crippen molar-refractivity contribution in [3.05, 3.63) is 59.7 Å². The number of fused-ring (bicyclic) bond motifs is 1. The minimum absolute atomic E-state index is 0.184. The van der Waals surface area contributed by atoms with Crippen LogP contribution in [0.2, 0.25) is 0 Å². The van der Waals surface area contributed by atoms with Gasteiger partial charge in [-0.15, -0.1) is 0 Å². The first-order valence-corrected chi connectivity index (χ1v) is 10.5. The van der Waals surface area contributed by atoms with Gasteiger partial charge in [-0.3, -0.25) is 10.3 Å². The van der Waals surface area contributed by atoms with Crippen LogP contribution in [0.15, 0.2) is 48.5 Å². The molecule has 0 bridgehead atoms. The van der Waals surface area contributed by atoms with E-state index < -0.39 is 6.10 Å². The lowest BCUT2D eigenvalue weighted by atomic mass is 10.2. The number of nitrogens with zero attached hydrogens (tertiary/aromatic N) is 3. The minimum atomic E-state index is -0.710. The van der Waals surface area contributed by atoms with Crippen LogP contribution < -0.4 is 10.4 Å². The lowest BCUT2D eigenvalue weighted by molar-refractivity contribution is 0.0363. The largest absolute Gasteiger partial charge is 0.491 e. The van der Waals surface area contributed by atoms with Crippen LogP contribution in [0.25, 0.3) is 11.0 Å². The maximum absolute atomic E-state index is 10.6. The van der Waals surface area contributed by atoms with Crippen molar-refractivity contribution >= 4 is 11.0 Å². The predicted molar refractivity (Wildman–Crippen MR) is 116 cm³/mol. The van der Waals surface area contributed by atoms with Crippen LogP contribution in [-0.2, 0) is 17.8 Å². The van der Waals surface area contributed by atoms with Gasteiger partial charge in [0.1, 0.15) is 18.5 Å². The number of benzene rings is 2. The Balaban J connectivity index is 1.47. The zero-order chi connectivity index (χ0) is 20.9. The summed E-state index contributed by atoms with van der Waals surface area (Å²) in [5.41, 5.74) is 3.49. The molecule has 1 atom stereocenters. The Kier molecular flexibility index (Phi) is 6.52. The first kappa shape index (κ1) is 20.7. The number of aliphatic hydroxyl groups excluding tert-OH is 1. The van der Waals surface area contributed by atoms with E-state index in [9.17, 15) is 5.11 Å². The molecule has 0 aliphatic carbocycles. The highest BCUT2D eigenvalue weighted by Crippen LogP contribution is 2.15. The summed E-state index contributed by atoms with van der Waals surface area (Å²) in [5.74, 6) is 0.748. The zero-order valence-electron chi connectivity index (χ0n) is 17.5. The molecule has 2 N–H and O–H groups in total. The van der Waals surface area contributed by atoms with Crippen LogP contribution in [0.4, 0.5) is 0 Å². The van der Waals surface area contributed by atoms with Crippen molar-refractivity contribution in [2.45, 2.75) is 26.1 Å². The number of aromatic nitrogens is 2. The Hall–Kier alpha value is -2.61. The second-order valence-corrected chi connectivity index (χ2v) is 7.81. The van der Waals surface area contributed by atoms with E-state index >= 15 is 0 Å². The van der Waals surface area contributed by atoms with Gasteiger partial charge in [-0.05, 0) is 36.8 Å². The zero-order valence-corrected chi connectivity index (χ0v) is 17.5. The third kappa shape index (κ3) is 4.75. The van der Waals surface area contributed by atoms with Gasteiger partial charge < -0.3 is 23.7 Å². The standard InChI is InChI=1S/C23H30N4O3/c1-18-5-4-6-20(15-18)30-17-19(28)16-27-22-8-3-2-7-21(22)26(23(27)24)10-9-25-11-13-29-14-12-25/h2-8,15,19,24,28H,9-14,16-17H2,1H3/t19-/m1/s1. The maximum Gasteiger partial charge on any atom is 0.203 e. The van der Waals surface area contributed by atoms with Crippen molar-refractivity contribution in [2.24, 2.45) is 0 Å². The number of rotatable bonds is 8. The van der Waals surface area contributed by atoms with Crippen molar-refractivity contribution < 1.29 is 14.6 Å². The van der Waals surface area contributed by atoms with Crippen molar-refractivity contribution in [1.82, 2.24) is 14.0 Å². The third-order valence-corrected chi connectivity index (χ3v) is 5.54. The summed E-state index contributed by atoms with van der Waals surface area (Å²) in [6, 6.07) is 15.8. The van der Waals surface area contributed by atoms with E-state index in [1.165, 1.54) is 0 Å². The Morgan fingerprint density at radius 2 is 1.77 bits per heavy atom. The molecule has 1 fully saturated rings. The molecule has 0 radical (unpaired) electrons. The van der Waals surface area contributed by atoms with E-state index in [4.69, 9.17) is 14.9 Å². The van der Waals surface area contributed by atoms with Crippen LogP contribution in [-0.4, -0.2) is 64.7 Å². The molecule has 1 aliphatic heterocycles. The van der Waals surface area contributed by atoms with Gasteiger partial charge in [0, 0.05) is 26.2 Å². The lowest BCUT2D eigenvalue weighted by Crippen LogP contribution is -2.39. The molecule has 0 amide bonds. The van der Waals surface area contributed by atoms with Gasteiger partial charge in [0.25, 0.3) is 0 Å². The number of morpholine rings is 1. The van der Waals surface area contributed by atoms with Crippen LogP contribution in [0.1, 0.15) is 5.56 Å². The lowest BCUT2D eigenvalue weighted by Gasteiger charge is -2.26. The van der Waals surface area contributed by atoms with Gasteiger partial charge in [0.05, 0.1) is 30.8 Å². The number of imidazole rings is 1. The highest BCUT2D eigenvalue weighted by Gasteiger charge is 2.16. The molecule has 0 saturated carbocycles. The van der Waals surface area contributed by atoms with E-state index in [2.05, 4.69) is 4.90 Å². The summed E-state index contributed by atoms with van der Waals surface area (Å²) in [4.78, 5) is 2.37. The SMILES string of the molecule is Cc1cccc(OC[C@H](O)Cn2c(=N)n(CCN3CCOCC3)c3ccccc32)c1. The van der Waals surface area contributed by atoms with Crippen LogP contribution in [0.5, 0.6) is 5.75 Å². The summed E-state index contributed by atoms with van der Waals surface area (Å²) in [5, 5.41) is 19.3. The molecule has 0 unspecified atom stereocenters. The van der Waals surface area contributed by atoms with Gasteiger partial charge in [-0.25, -0.2) is 0 Å². The number of aryl methyl sites for hydroxylation is 1. The number of nitrogens with one attached hydrogen (secondary N) is 1. The molecule has 30 heavy (non-hydrogen) atoms. The van der Waals surface area contributed by atoms with Crippen molar-refractivity contribution in [1.29, 1.82) is 5.41 Å². The Morgan fingerprint density at radius 1 is 1.03 bits per heavy atom. The van der Waals surface area contributed by atoms with E-state index in [1.54, 1.807) is 0 Å². The molecule has 3 aromatic rings. The fraction of sp³-hybridized carbons (Fsp3) is 0.435. The predicted octanol–water partition coefficient (Wildman–Crippen LogP) is 2.00. The van der Waals surface area contributed by atoms with Gasteiger partial charge in [0.15, 0.2) is 0 Å². The molecule has 160 valence electrons. The third-order valence-electron chi connectivity index (χ3n) is 5.54. The van der Waals surface area contributed by atoms with Gasteiger partial charge in [-0.2, -0.15) is 0 Å². The van der Waals surface area contributed by atoms with E-state index in [0.29, 0.717) is 12.2 Å². The average molecular weight is 411 g/mol. The average Bonchev–Trinajstić information content (AvgIpc) is 3.03. The monoisotopic (exact) mass is 410 g/mol. The summed E-state index contributed by atoms with van der Waals surface area (Å²) in [7, 11) is 0. The van der Waals surface area contributed by atoms with E-state index in [1.807, 2.05) is 64.6 Å². The molecule has 1 saturated heterocycles. The fourth-order valence-corrected chi connectivity index (χ4v) is 3.93. The Morgan fingerprint density at radius 3 is 2.50 bits per heavy atom. The van der Waals surface area contributed by atoms with Gasteiger partial charge in [0.2, 0.25) is 5.62 Å². The number of hydrogen-bond donors (Lipinski definition) is 2. The summed E-state index contributed by atoms with van der Waals surface area (Å²) in [6.07, 6.45) is -0.710. The normalized spacial score (nSPS) is 16.1. The summed E-state index contributed by atoms with van der Waals surface area (Å²) in [6.45, 7) is 7.54. The molecule has 4 rings (SSSR count). The quantitative estimate of drug-likeness (QED) is 0.596. The van der Waals surface area contributed by atoms with Crippen molar-refractivity contribution in [3.8, 4) is 5.75 Å².